The number of aromatic nitrogens is 3. The van der Waals surface area contributed by atoms with Crippen LogP contribution < -0.4 is 0 Å². The van der Waals surface area contributed by atoms with Gasteiger partial charge in [-0.1, -0.05) is 35.5 Å². The fourth-order valence-corrected chi connectivity index (χ4v) is 4.91. The number of amides is 1. The largest absolute Gasteiger partial charge is 0.360 e. The third-order valence-corrected chi connectivity index (χ3v) is 6.35. The molecule has 2 aliphatic rings. The highest BCUT2D eigenvalue weighted by atomic mass is 16.5. The van der Waals surface area contributed by atoms with Crippen LogP contribution in [-0.2, 0) is 11.8 Å². The van der Waals surface area contributed by atoms with Gasteiger partial charge in [0.15, 0.2) is 0 Å². The maximum Gasteiger partial charge on any atom is 0.259 e. The van der Waals surface area contributed by atoms with Crippen molar-refractivity contribution in [2.24, 2.45) is 0 Å². The van der Waals surface area contributed by atoms with Gasteiger partial charge in [-0.05, 0) is 45.1 Å². The van der Waals surface area contributed by atoms with Crippen molar-refractivity contribution in [3.05, 3.63) is 64.9 Å². The number of benzene rings is 1. The monoisotopic (exact) mass is 388 g/mol. The predicted molar refractivity (Wildman–Crippen MR) is 109 cm³/mol. The molecular weight excluding hydrogens is 364 g/mol. The van der Waals surface area contributed by atoms with Gasteiger partial charge in [-0.25, -0.2) is 9.97 Å². The van der Waals surface area contributed by atoms with E-state index < -0.39 is 0 Å². The lowest BCUT2D eigenvalue weighted by Crippen LogP contribution is -2.48. The minimum Gasteiger partial charge on any atom is -0.360 e. The summed E-state index contributed by atoms with van der Waals surface area (Å²) in [5.74, 6) is 1.37. The van der Waals surface area contributed by atoms with E-state index in [4.69, 9.17) is 9.51 Å². The van der Waals surface area contributed by atoms with Gasteiger partial charge in [0.1, 0.15) is 22.8 Å². The smallest absolute Gasteiger partial charge is 0.259 e. The van der Waals surface area contributed by atoms with Crippen molar-refractivity contribution in [2.45, 2.75) is 44.9 Å². The number of rotatable bonds is 2. The van der Waals surface area contributed by atoms with Crippen LogP contribution in [0.1, 0.15) is 52.5 Å². The van der Waals surface area contributed by atoms with Crippen molar-refractivity contribution in [1.82, 2.24) is 20.0 Å². The van der Waals surface area contributed by atoms with E-state index in [0.717, 1.165) is 49.3 Å². The summed E-state index contributed by atoms with van der Waals surface area (Å²) in [6, 6.07) is 9.76. The summed E-state index contributed by atoms with van der Waals surface area (Å²) >= 11 is 0. The topological polar surface area (TPSA) is 72.1 Å². The number of fused-ring (bicyclic) bond motifs is 2. The van der Waals surface area contributed by atoms with Crippen LogP contribution in [0.4, 0.5) is 0 Å². The Labute approximate surface area is 170 Å². The second-order valence-electron chi connectivity index (χ2n) is 8.23. The molecule has 6 heteroatoms. The van der Waals surface area contributed by atoms with Crippen molar-refractivity contribution < 1.29 is 9.32 Å². The molecule has 0 bridgehead atoms. The molecule has 1 aliphatic carbocycles. The molecule has 3 heterocycles. The Morgan fingerprint density at radius 1 is 1.17 bits per heavy atom. The van der Waals surface area contributed by atoms with E-state index in [9.17, 15) is 4.79 Å². The Bertz CT molecular complexity index is 1070. The van der Waals surface area contributed by atoms with Crippen molar-refractivity contribution >= 4 is 5.91 Å². The molecule has 2 aromatic heterocycles. The highest BCUT2D eigenvalue weighted by Crippen LogP contribution is 2.44. The van der Waals surface area contributed by atoms with E-state index in [0.29, 0.717) is 23.6 Å². The number of carbonyl (C=O) groups excluding carboxylic acids is 1. The van der Waals surface area contributed by atoms with Gasteiger partial charge in [-0.2, -0.15) is 0 Å². The summed E-state index contributed by atoms with van der Waals surface area (Å²) in [7, 11) is 0. The van der Waals surface area contributed by atoms with Crippen LogP contribution in [0.3, 0.4) is 0 Å². The molecule has 1 aliphatic heterocycles. The number of carbonyl (C=O) groups is 1. The van der Waals surface area contributed by atoms with Gasteiger partial charge < -0.3 is 9.42 Å². The van der Waals surface area contributed by atoms with Crippen LogP contribution in [0.2, 0.25) is 0 Å². The van der Waals surface area contributed by atoms with Crippen LogP contribution in [0.5, 0.6) is 0 Å². The van der Waals surface area contributed by atoms with E-state index in [-0.39, 0.29) is 11.3 Å². The molecule has 1 amide bonds. The summed E-state index contributed by atoms with van der Waals surface area (Å²) in [5.41, 5.74) is 4.41. The first-order valence-corrected chi connectivity index (χ1v) is 10.2. The predicted octanol–water partition coefficient (Wildman–Crippen LogP) is 3.87. The van der Waals surface area contributed by atoms with Crippen LogP contribution in [0.15, 0.2) is 41.1 Å². The molecule has 6 nitrogen and oxygen atoms in total. The van der Waals surface area contributed by atoms with Crippen molar-refractivity contribution in [3.63, 3.8) is 0 Å². The van der Waals surface area contributed by atoms with Gasteiger partial charge >= 0.3 is 0 Å². The number of nitrogens with zero attached hydrogens (tertiary/aromatic N) is 4. The minimum atomic E-state index is -0.0606. The van der Waals surface area contributed by atoms with Gasteiger partial charge in [-0.15, -0.1) is 0 Å². The quantitative estimate of drug-likeness (QED) is 0.666. The molecule has 1 atom stereocenters. The highest BCUT2D eigenvalue weighted by molar-refractivity contribution is 6.00. The van der Waals surface area contributed by atoms with E-state index in [1.165, 1.54) is 5.56 Å². The standard InChI is InChI=1S/C23H24N4O2/c1-15-19(20(26-29-15)17-7-4-3-5-8-17)22(28)27-12-6-10-23(14-27)11-9-18-13-24-16(2)25-21(18)23/h3-5,7-8,13H,6,9-12,14H2,1-2H3. The lowest BCUT2D eigenvalue weighted by molar-refractivity contribution is 0.0632. The Morgan fingerprint density at radius 3 is 2.83 bits per heavy atom. The SMILES string of the molecule is Cc1ncc2c(n1)C1(CCCN(C(=O)c3c(-c4ccccc4)noc3C)C1)CC2. The lowest BCUT2D eigenvalue weighted by atomic mass is 9.77. The van der Waals surface area contributed by atoms with Crippen LogP contribution in [0, 0.1) is 13.8 Å². The maximum atomic E-state index is 13.6. The van der Waals surface area contributed by atoms with E-state index in [1.807, 2.05) is 55.3 Å². The number of likely N-dealkylation sites (tertiary alicyclic amines) is 1. The summed E-state index contributed by atoms with van der Waals surface area (Å²) in [4.78, 5) is 24.7. The molecular formula is C23H24N4O2. The minimum absolute atomic E-state index is 0.000839. The third-order valence-electron chi connectivity index (χ3n) is 6.35. The van der Waals surface area contributed by atoms with Gasteiger partial charge in [0.25, 0.3) is 5.91 Å². The van der Waals surface area contributed by atoms with Crippen molar-refractivity contribution in [1.29, 1.82) is 0 Å². The van der Waals surface area contributed by atoms with Crippen molar-refractivity contribution in [3.8, 4) is 11.3 Å². The number of hydrogen-bond donors (Lipinski definition) is 0. The normalized spacial score (nSPS) is 20.8. The van der Waals surface area contributed by atoms with Crippen LogP contribution in [-0.4, -0.2) is 39.0 Å². The van der Waals surface area contributed by atoms with Crippen LogP contribution in [0.25, 0.3) is 11.3 Å². The zero-order valence-electron chi connectivity index (χ0n) is 16.8. The Kier molecular flexibility index (Phi) is 4.23. The average molecular weight is 388 g/mol. The maximum absolute atomic E-state index is 13.6. The molecule has 1 fully saturated rings. The van der Waals surface area contributed by atoms with Gasteiger partial charge in [0.05, 0.1) is 5.69 Å². The first-order chi connectivity index (χ1) is 14.1. The number of piperidine rings is 1. The third kappa shape index (κ3) is 2.94. The van der Waals surface area contributed by atoms with Gasteiger partial charge in [0, 0.05) is 30.3 Å². The Balaban J connectivity index is 1.49. The van der Waals surface area contributed by atoms with E-state index in [1.54, 1.807) is 0 Å². The first-order valence-electron chi connectivity index (χ1n) is 10.2. The molecule has 3 aromatic rings. The molecule has 0 saturated carbocycles. The fourth-order valence-electron chi connectivity index (χ4n) is 4.91. The van der Waals surface area contributed by atoms with Gasteiger partial charge in [-0.3, -0.25) is 4.79 Å². The molecule has 1 unspecified atom stereocenters. The molecule has 1 saturated heterocycles. The molecule has 148 valence electrons. The first kappa shape index (κ1) is 18.0. The molecule has 1 spiro atoms. The van der Waals surface area contributed by atoms with E-state index >= 15 is 0 Å². The summed E-state index contributed by atoms with van der Waals surface area (Å²) in [6.07, 6.45) is 6.01. The molecule has 29 heavy (non-hydrogen) atoms. The molecule has 0 radical (unpaired) electrons. The second kappa shape index (κ2) is 6.79. The van der Waals surface area contributed by atoms with Gasteiger partial charge in [0.2, 0.25) is 0 Å². The Hall–Kier alpha value is -3.02. The Morgan fingerprint density at radius 2 is 2.00 bits per heavy atom. The average Bonchev–Trinajstić information content (AvgIpc) is 3.29. The molecule has 1 aromatic carbocycles. The highest BCUT2D eigenvalue weighted by Gasteiger charge is 2.45. The number of hydrogen-bond acceptors (Lipinski definition) is 5. The number of aryl methyl sites for hydroxylation is 3. The zero-order valence-corrected chi connectivity index (χ0v) is 16.8. The summed E-state index contributed by atoms with van der Waals surface area (Å²) < 4.78 is 5.43. The molecule has 5 rings (SSSR count). The van der Waals surface area contributed by atoms with Crippen molar-refractivity contribution in [2.75, 3.05) is 13.1 Å². The zero-order chi connectivity index (χ0) is 20.0. The molecule has 0 N–H and O–H groups in total. The second-order valence-corrected chi connectivity index (χ2v) is 8.23. The summed E-state index contributed by atoms with van der Waals surface area (Å²) in [5, 5.41) is 4.20. The summed E-state index contributed by atoms with van der Waals surface area (Å²) in [6.45, 7) is 5.19. The van der Waals surface area contributed by atoms with Crippen LogP contribution >= 0.6 is 0 Å². The fraction of sp³-hybridized carbons (Fsp3) is 0.391. The lowest BCUT2D eigenvalue weighted by Gasteiger charge is -2.40. The van der Waals surface area contributed by atoms with E-state index in [2.05, 4.69) is 10.1 Å².